The number of barbiturate groups is 1. The number of esters is 1. The fourth-order valence-corrected chi connectivity index (χ4v) is 3.42. The summed E-state index contributed by atoms with van der Waals surface area (Å²) in [5, 5.41) is 12.9. The van der Waals surface area contributed by atoms with Crippen molar-refractivity contribution in [3.8, 4) is 11.5 Å². The zero-order chi connectivity index (χ0) is 25.8. The first kappa shape index (κ1) is 23.8. The van der Waals surface area contributed by atoms with Crippen LogP contribution in [0.1, 0.15) is 15.9 Å². The van der Waals surface area contributed by atoms with Gasteiger partial charge in [0.05, 0.1) is 23.3 Å². The second kappa shape index (κ2) is 9.89. The Balaban J connectivity index is 1.66. The molecule has 36 heavy (non-hydrogen) atoms. The van der Waals surface area contributed by atoms with Crippen LogP contribution >= 0.6 is 0 Å². The molecule has 3 aromatic rings. The van der Waals surface area contributed by atoms with E-state index in [2.05, 4.69) is 5.32 Å². The van der Waals surface area contributed by atoms with E-state index in [0.717, 1.165) is 4.90 Å². The fraction of sp³-hybridized carbons (Fsp3) is 0.0400. The van der Waals surface area contributed by atoms with Gasteiger partial charge in [-0.25, -0.2) is 14.5 Å². The van der Waals surface area contributed by atoms with E-state index in [4.69, 9.17) is 9.47 Å². The van der Waals surface area contributed by atoms with Crippen molar-refractivity contribution >= 4 is 41.3 Å². The van der Waals surface area contributed by atoms with Crippen LogP contribution in [-0.4, -0.2) is 35.8 Å². The molecule has 0 radical (unpaired) electrons. The van der Waals surface area contributed by atoms with Crippen molar-refractivity contribution < 1.29 is 33.6 Å². The van der Waals surface area contributed by atoms with Crippen LogP contribution in [0.2, 0.25) is 0 Å². The van der Waals surface area contributed by atoms with Gasteiger partial charge < -0.3 is 9.47 Å². The molecule has 1 N–H and O–H groups in total. The summed E-state index contributed by atoms with van der Waals surface area (Å²) in [6, 6.07) is 16.3. The number of hydrogen-bond donors (Lipinski definition) is 1. The van der Waals surface area contributed by atoms with Crippen LogP contribution in [0.15, 0.2) is 78.4 Å². The molecular formula is C25H17N3O8. The molecule has 0 bridgehead atoms. The molecule has 0 unspecified atom stereocenters. The molecule has 1 heterocycles. The maximum Gasteiger partial charge on any atom is 0.343 e. The van der Waals surface area contributed by atoms with E-state index in [1.165, 1.54) is 55.7 Å². The number of carbonyl (C=O) groups is 4. The summed E-state index contributed by atoms with van der Waals surface area (Å²) in [4.78, 5) is 61.9. The number of methoxy groups -OCH3 is 1. The minimum absolute atomic E-state index is 0.0229. The van der Waals surface area contributed by atoms with Gasteiger partial charge in [0.15, 0.2) is 0 Å². The van der Waals surface area contributed by atoms with Crippen molar-refractivity contribution in [2.24, 2.45) is 0 Å². The van der Waals surface area contributed by atoms with E-state index < -0.39 is 28.7 Å². The first-order chi connectivity index (χ1) is 17.3. The fourth-order valence-electron chi connectivity index (χ4n) is 3.42. The number of nitrogens with one attached hydrogen (secondary N) is 1. The number of benzene rings is 3. The number of nitro groups is 1. The highest BCUT2D eigenvalue weighted by molar-refractivity contribution is 6.39. The smallest absolute Gasteiger partial charge is 0.343 e. The van der Waals surface area contributed by atoms with Gasteiger partial charge in [-0.3, -0.25) is 25.0 Å². The van der Waals surface area contributed by atoms with Crippen LogP contribution in [0.25, 0.3) is 6.08 Å². The van der Waals surface area contributed by atoms with E-state index in [9.17, 15) is 29.3 Å². The molecule has 0 aliphatic carbocycles. The number of para-hydroxylation sites is 3. The van der Waals surface area contributed by atoms with Crippen molar-refractivity contribution in [2.75, 3.05) is 12.0 Å². The molecule has 11 nitrogen and oxygen atoms in total. The van der Waals surface area contributed by atoms with E-state index in [1.54, 1.807) is 30.3 Å². The van der Waals surface area contributed by atoms with Crippen molar-refractivity contribution in [3.05, 3.63) is 99.6 Å². The number of amides is 4. The van der Waals surface area contributed by atoms with Gasteiger partial charge in [0, 0.05) is 17.7 Å². The Hall–Kier alpha value is -5.32. The minimum Gasteiger partial charge on any atom is -0.495 e. The summed E-state index contributed by atoms with van der Waals surface area (Å²) in [6.45, 7) is 0. The Morgan fingerprint density at radius 3 is 2.25 bits per heavy atom. The lowest BCUT2D eigenvalue weighted by Gasteiger charge is -2.27. The highest BCUT2D eigenvalue weighted by atomic mass is 16.6. The number of non-ortho nitro benzene ring substituents is 1. The van der Waals surface area contributed by atoms with E-state index in [1.807, 2.05) is 0 Å². The number of hydrogen-bond acceptors (Lipinski definition) is 8. The molecule has 0 spiro atoms. The highest BCUT2D eigenvalue weighted by Crippen LogP contribution is 2.31. The van der Waals surface area contributed by atoms with Crippen molar-refractivity contribution in [3.63, 3.8) is 0 Å². The molecule has 4 amide bonds. The van der Waals surface area contributed by atoms with Crippen LogP contribution in [0, 0.1) is 10.1 Å². The highest BCUT2D eigenvalue weighted by Gasteiger charge is 2.38. The lowest BCUT2D eigenvalue weighted by atomic mass is 10.1. The Morgan fingerprint density at radius 2 is 1.58 bits per heavy atom. The number of imide groups is 2. The van der Waals surface area contributed by atoms with Gasteiger partial charge in [-0.15, -0.1) is 0 Å². The predicted octanol–water partition coefficient (Wildman–Crippen LogP) is 3.49. The van der Waals surface area contributed by atoms with E-state index in [0.29, 0.717) is 0 Å². The Kier molecular flexibility index (Phi) is 6.55. The predicted molar refractivity (Wildman–Crippen MR) is 126 cm³/mol. The van der Waals surface area contributed by atoms with Crippen LogP contribution in [0.3, 0.4) is 0 Å². The number of rotatable bonds is 6. The zero-order valence-electron chi connectivity index (χ0n) is 18.7. The van der Waals surface area contributed by atoms with Gasteiger partial charge in [-0.1, -0.05) is 30.3 Å². The molecule has 3 aromatic carbocycles. The molecule has 11 heteroatoms. The van der Waals surface area contributed by atoms with Crippen LogP contribution < -0.4 is 19.7 Å². The second-order valence-corrected chi connectivity index (χ2v) is 7.36. The summed E-state index contributed by atoms with van der Waals surface area (Å²) >= 11 is 0. The Bertz CT molecular complexity index is 1430. The normalized spacial score (nSPS) is 14.4. The van der Waals surface area contributed by atoms with Gasteiger partial charge in [-0.2, -0.15) is 0 Å². The first-order valence-electron chi connectivity index (χ1n) is 10.4. The number of nitrogens with zero attached hydrogens (tertiary/aromatic N) is 2. The molecule has 1 aliphatic heterocycles. The topological polar surface area (TPSA) is 145 Å². The van der Waals surface area contributed by atoms with Crippen LogP contribution in [-0.2, 0) is 9.59 Å². The van der Waals surface area contributed by atoms with Gasteiger partial charge >= 0.3 is 12.0 Å². The monoisotopic (exact) mass is 487 g/mol. The van der Waals surface area contributed by atoms with Gasteiger partial charge in [0.25, 0.3) is 17.5 Å². The molecule has 0 atom stereocenters. The molecule has 4 rings (SSSR count). The molecule has 180 valence electrons. The molecule has 0 aromatic heterocycles. The lowest BCUT2D eigenvalue weighted by molar-refractivity contribution is -0.384. The third kappa shape index (κ3) is 4.66. The van der Waals surface area contributed by atoms with Crippen molar-refractivity contribution in [2.45, 2.75) is 0 Å². The molecule has 0 saturated carbocycles. The standard InChI is InChI=1S/C25H17N3O8/c1-35-21-9-5-3-7-19(21)27-23(30)18(22(29)26-25(27)32)14-16-6-2-4-8-20(16)36-24(31)15-10-12-17(13-11-15)28(33)34/h2-14H,1H3,(H,26,29,32). The summed E-state index contributed by atoms with van der Waals surface area (Å²) < 4.78 is 10.6. The maximum absolute atomic E-state index is 13.2. The summed E-state index contributed by atoms with van der Waals surface area (Å²) in [7, 11) is 1.38. The van der Waals surface area contributed by atoms with Crippen LogP contribution in [0.4, 0.5) is 16.2 Å². The van der Waals surface area contributed by atoms with E-state index in [-0.39, 0.29) is 39.6 Å². The van der Waals surface area contributed by atoms with Gasteiger partial charge in [0.1, 0.15) is 17.1 Å². The van der Waals surface area contributed by atoms with Crippen LogP contribution in [0.5, 0.6) is 11.5 Å². The minimum atomic E-state index is -0.940. The quantitative estimate of drug-likeness (QED) is 0.139. The Morgan fingerprint density at radius 1 is 0.944 bits per heavy atom. The van der Waals surface area contributed by atoms with Crippen molar-refractivity contribution in [1.29, 1.82) is 0 Å². The largest absolute Gasteiger partial charge is 0.495 e. The lowest BCUT2D eigenvalue weighted by Crippen LogP contribution is -2.54. The zero-order valence-corrected chi connectivity index (χ0v) is 18.7. The van der Waals surface area contributed by atoms with Gasteiger partial charge in [-0.05, 0) is 36.4 Å². The van der Waals surface area contributed by atoms with Crippen molar-refractivity contribution in [1.82, 2.24) is 5.32 Å². The number of nitro benzene ring substituents is 1. The number of ether oxygens (including phenoxy) is 2. The molecule has 1 saturated heterocycles. The number of carbonyl (C=O) groups excluding carboxylic acids is 4. The van der Waals surface area contributed by atoms with E-state index >= 15 is 0 Å². The maximum atomic E-state index is 13.2. The third-order valence-electron chi connectivity index (χ3n) is 5.16. The Labute approximate surface area is 203 Å². The summed E-state index contributed by atoms with van der Waals surface area (Å²) in [6.07, 6.45) is 1.20. The molecule has 1 aliphatic rings. The average molecular weight is 487 g/mol. The number of urea groups is 1. The molecule has 1 fully saturated rings. The average Bonchev–Trinajstić information content (AvgIpc) is 2.87. The number of anilines is 1. The summed E-state index contributed by atoms with van der Waals surface area (Å²) in [5.74, 6) is -2.36. The molecular weight excluding hydrogens is 470 g/mol. The first-order valence-corrected chi connectivity index (χ1v) is 10.4. The second-order valence-electron chi connectivity index (χ2n) is 7.36. The third-order valence-corrected chi connectivity index (χ3v) is 5.16. The SMILES string of the molecule is COc1ccccc1N1C(=O)NC(=O)C(=Cc2ccccc2OC(=O)c2ccc([N+](=O)[O-])cc2)C1=O. The van der Waals surface area contributed by atoms with Gasteiger partial charge in [0.2, 0.25) is 0 Å². The summed E-state index contributed by atoms with van der Waals surface area (Å²) in [5.41, 5.74) is -0.158.